The Morgan fingerprint density at radius 1 is 1.16 bits per heavy atom. The van der Waals surface area contributed by atoms with Gasteiger partial charge in [0.1, 0.15) is 5.84 Å². The van der Waals surface area contributed by atoms with Crippen molar-refractivity contribution in [2.45, 2.75) is 38.5 Å². The number of sulfonamides is 1. The number of carbonyl (C=O) groups is 2. The predicted octanol–water partition coefficient (Wildman–Crippen LogP) is 1.03. The van der Waals surface area contributed by atoms with E-state index in [1.807, 2.05) is 0 Å². The molecule has 2 N–H and O–H groups in total. The second kappa shape index (κ2) is 8.80. The molecule has 2 heterocycles. The highest BCUT2D eigenvalue weighted by Crippen LogP contribution is 2.15. The zero-order valence-corrected chi connectivity index (χ0v) is 14.8. The number of fused-ring (bicyclic) bond motifs is 1. The standard InChI is InChI=1S/C16H23N3O5S/c20-15(21)6-4-2-1-3-5-9-17-16(22)13-7-8-14-18-25(23,24)11-10-19(14)12-13/h7-8,12H,1-6,9-11H2,(H,17,22)(H,20,21). The lowest BCUT2D eigenvalue weighted by Crippen LogP contribution is -2.38. The molecule has 9 heteroatoms. The van der Waals surface area contributed by atoms with E-state index >= 15 is 0 Å². The van der Waals surface area contributed by atoms with Crippen molar-refractivity contribution in [3.63, 3.8) is 0 Å². The molecule has 0 aliphatic carbocycles. The summed E-state index contributed by atoms with van der Waals surface area (Å²) in [6, 6.07) is 0. The van der Waals surface area contributed by atoms with E-state index in [-0.39, 0.29) is 18.1 Å². The molecule has 0 fully saturated rings. The number of carboxylic acid groups (broad SMARTS) is 1. The van der Waals surface area contributed by atoms with Crippen molar-refractivity contribution in [1.82, 2.24) is 10.2 Å². The second-order valence-corrected chi connectivity index (χ2v) is 7.77. The van der Waals surface area contributed by atoms with Gasteiger partial charge in [0.2, 0.25) is 0 Å². The maximum atomic E-state index is 12.1. The van der Waals surface area contributed by atoms with E-state index in [1.165, 1.54) is 6.08 Å². The number of amidine groups is 1. The van der Waals surface area contributed by atoms with Crippen LogP contribution in [0.3, 0.4) is 0 Å². The Bertz CT molecular complexity index is 709. The maximum absolute atomic E-state index is 12.1. The van der Waals surface area contributed by atoms with Crippen molar-refractivity contribution < 1.29 is 23.1 Å². The normalized spacial score (nSPS) is 18.2. The third-order valence-electron chi connectivity index (χ3n) is 3.94. The summed E-state index contributed by atoms with van der Waals surface area (Å²) in [6.45, 7) is 0.844. The molecule has 1 amide bonds. The Hall–Kier alpha value is -2.16. The summed E-state index contributed by atoms with van der Waals surface area (Å²) >= 11 is 0. The van der Waals surface area contributed by atoms with Crippen LogP contribution in [-0.2, 0) is 19.6 Å². The van der Waals surface area contributed by atoms with Crippen molar-refractivity contribution >= 4 is 27.7 Å². The third kappa shape index (κ3) is 6.33. The third-order valence-corrected chi connectivity index (χ3v) is 5.10. The van der Waals surface area contributed by atoms with Gasteiger partial charge >= 0.3 is 5.97 Å². The fourth-order valence-electron chi connectivity index (χ4n) is 2.57. The van der Waals surface area contributed by atoms with Crippen LogP contribution in [0.15, 0.2) is 28.3 Å². The van der Waals surface area contributed by atoms with Crippen LogP contribution in [0, 0.1) is 0 Å². The summed E-state index contributed by atoms with van der Waals surface area (Å²) in [5, 5.41) is 11.4. The van der Waals surface area contributed by atoms with E-state index in [0.717, 1.165) is 25.7 Å². The molecule has 0 aromatic rings. The summed E-state index contributed by atoms with van der Waals surface area (Å²) in [5.74, 6) is -0.684. The Kier molecular flexibility index (Phi) is 6.74. The van der Waals surface area contributed by atoms with E-state index in [0.29, 0.717) is 30.9 Å². The molecule has 2 rings (SSSR count). The van der Waals surface area contributed by atoms with Crippen molar-refractivity contribution in [2.75, 3.05) is 18.8 Å². The van der Waals surface area contributed by atoms with Crippen molar-refractivity contribution in [1.29, 1.82) is 0 Å². The van der Waals surface area contributed by atoms with Crippen LogP contribution in [0.2, 0.25) is 0 Å². The second-order valence-electron chi connectivity index (χ2n) is 6.01. The highest BCUT2D eigenvalue weighted by Gasteiger charge is 2.24. The van der Waals surface area contributed by atoms with Gasteiger partial charge in [0, 0.05) is 25.7 Å². The average molecular weight is 369 g/mol. The van der Waals surface area contributed by atoms with Crippen molar-refractivity contribution in [3.8, 4) is 0 Å². The average Bonchev–Trinajstić information content (AvgIpc) is 2.55. The Morgan fingerprint density at radius 2 is 1.88 bits per heavy atom. The summed E-state index contributed by atoms with van der Waals surface area (Å²) in [5.41, 5.74) is 0.472. The van der Waals surface area contributed by atoms with Crippen molar-refractivity contribution in [2.24, 2.45) is 4.40 Å². The Labute approximate surface area is 147 Å². The van der Waals surface area contributed by atoms with Crippen molar-refractivity contribution in [3.05, 3.63) is 23.9 Å². The minimum absolute atomic E-state index is 0.0579. The molecule has 0 atom stereocenters. The molecule has 0 saturated carbocycles. The summed E-state index contributed by atoms with van der Waals surface area (Å²) in [4.78, 5) is 24.2. The molecule has 8 nitrogen and oxygen atoms in total. The van der Waals surface area contributed by atoms with Gasteiger partial charge in [0.25, 0.3) is 15.9 Å². The van der Waals surface area contributed by atoms with Gasteiger partial charge in [-0.2, -0.15) is 0 Å². The minimum atomic E-state index is -3.39. The largest absolute Gasteiger partial charge is 0.481 e. The molecule has 138 valence electrons. The first kappa shape index (κ1) is 19.2. The molecule has 0 unspecified atom stereocenters. The predicted molar refractivity (Wildman–Crippen MR) is 93.5 cm³/mol. The quantitative estimate of drug-likeness (QED) is 0.586. The molecule has 0 radical (unpaired) electrons. The molecule has 2 aliphatic heterocycles. The van der Waals surface area contributed by atoms with Crippen LogP contribution < -0.4 is 5.32 Å². The topological polar surface area (TPSA) is 116 Å². The van der Waals surface area contributed by atoms with Gasteiger partial charge in [-0.15, -0.1) is 4.40 Å². The summed E-state index contributed by atoms with van der Waals surface area (Å²) < 4.78 is 26.6. The van der Waals surface area contributed by atoms with E-state index in [1.54, 1.807) is 17.2 Å². The van der Waals surface area contributed by atoms with E-state index in [9.17, 15) is 18.0 Å². The molecule has 0 spiro atoms. The smallest absolute Gasteiger partial charge is 0.303 e. The number of unbranched alkanes of at least 4 members (excludes halogenated alkanes) is 4. The fourth-order valence-corrected chi connectivity index (χ4v) is 3.54. The molecular formula is C16H23N3O5S. The SMILES string of the molecule is O=C(O)CCCCCCCNC(=O)C1=CN2CCS(=O)(=O)N=C2C=C1. The first-order chi connectivity index (χ1) is 11.9. The molecule has 0 aromatic heterocycles. The summed E-state index contributed by atoms with van der Waals surface area (Å²) in [6.07, 6.45) is 9.23. The lowest BCUT2D eigenvalue weighted by molar-refractivity contribution is -0.137. The lowest BCUT2D eigenvalue weighted by Gasteiger charge is -2.26. The van der Waals surface area contributed by atoms with Crippen LogP contribution in [0.25, 0.3) is 0 Å². The fraction of sp³-hybridized carbons (Fsp3) is 0.562. The molecule has 0 aromatic carbocycles. The van der Waals surface area contributed by atoms with Crippen LogP contribution in [0.1, 0.15) is 38.5 Å². The monoisotopic (exact) mass is 369 g/mol. The number of carboxylic acids is 1. The highest BCUT2D eigenvalue weighted by atomic mass is 32.2. The van der Waals surface area contributed by atoms with Gasteiger partial charge in [0.15, 0.2) is 0 Å². The number of hydrogen-bond donors (Lipinski definition) is 2. The van der Waals surface area contributed by atoms with Crippen LogP contribution >= 0.6 is 0 Å². The molecule has 0 bridgehead atoms. The van der Waals surface area contributed by atoms with Gasteiger partial charge < -0.3 is 15.3 Å². The van der Waals surface area contributed by atoms with Gasteiger partial charge in [-0.1, -0.05) is 19.3 Å². The zero-order valence-electron chi connectivity index (χ0n) is 14.0. The number of nitrogens with zero attached hydrogens (tertiary/aromatic N) is 2. The highest BCUT2D eigenvalue weighted by molar-refractivity contribution is 7.90. The number of amides is 1. The van der Waals surface area contributed by atoms with Crippen LogP contribution in [0.4, 0.5) is 0 Å². The zero-order chi connectivity index (χ0) is 18.3. The number of rotatable bonds is 9. The number of aliphatic carboxylic acids is 1. The first-order valence-electron chi connectivity index (χ1n) is 8.36. The van der Waals surface area contributed by atoms with E-state index in [2.05, 4.69) is 9.71 Å². The van der Waals surface area contributed by atoms with E-state index < -0.39 is 16.0 Å². The molecule has 2 aliphatic rings. The van der Waals surface area contributed by atoms with Gasteiger partial charge in [-0.3, -0.25) is 9.59 Å². The van der Waals surface area contributed by atoms with Crippen LogP contribution in [-0.4, -0.2) is 55.0 Å². The molecule has 0 saturated heterocycles. The minimum Gasteiger partial charge on any atom is -0.481 e. The Morgan fingerprint density at radius 3 is 2.64 bits per heavy atom. The van der Waals surface area contributed by atoms with Gasteiger partial charge in [0.05, 0.1) is 11.3 Å². The van der Waals surface area contributed by atoms with E-state index in [4.69, 9.17) is 5.11 Å². The maximum Gasteiger partial charge on any atom is 0.303 e. The Balaban J connectivity index is 1.68. The first-order valence-corrected chi connectivity index (χ1v) is 9.97. The van der Waals surface area contributed by atoms with Gasteiger partial charge in [-0.05, 0) is 25.0 Å². The van der Waals surface area contributed by atoms with Crippen LogP contribution in [0.5, 0.6) is 0 Å². The number of hydrogen-bond acceptors (Lipinski definition) is 5. The molecular weight excluding hydrogens is 346 g/mol. The number of nitrogens with one attached hydrogen (secondary N) is 1. The summed E-state index contributed by atoms with van der Waals surface area (Å²) in [7, 11) is -3.39. The molecule has 25 heavy (non-hydrogen) atoms. The lowest BCUT2D eigenvalue weighted by atomic mass is 10.1. The number of carbonyl (C=O) groups excluding carboxylic acids is 1. The van der Waals surface area contributed by atoms with Gasteiger partial charge in [-0.25, -0.2) is 8.42 Å².